The van der Waals surface area contributed by atoms with E-state index in [1.165, 1.54) is 0 Å². The first-order valence-electron chi connectivity index (χ1n) is 5.77. The third-order valence-corrected chi connectivity index (χ3v) is 4.09. The van der Waals surface area contributed by atoms with Crippen LogP contribution < -0.4 is 0 Å². The average Bonchev–Trinajstić information content (AvgIpc) is 2.09. The van der Waals surface area contributed by atoms with Crippen LogP contribution in [-0.2, 0) is 4.79 Å². The highest BCUT2D eigenvalue weighted by Crippen LogP contribution is 2.41. The average molecular weight is 213 g/mol. The summed E-state index contributed by atoms with van der Waals surface area (Å²) < 4.78 is 0. The van der Waals surface area contributed by atoms with E-state index in [-0.39, 0.29) is 12.0 Å². The topological polar surface area (TPSA) is 40.5 Å². The number of aliphatic carboxylic acids is 1. The molecule has 1 N–H and O–H groups in total. The molecule has 1 aliphatic rings. The van der Waals surface area contributed by atoms with Gasteiger partial charge in [0.1, 0.15) is 0 Å². The van der Waals surface area contributed by atoms with E-state index in [1.54, 1.807) is 0 Å². The summed E-state index contributed by atoms with van der Waals surface area (Å²) in [7, 11) is 4.02. The maximum absolute atomic E-state index is 11.0. The minimum atomic E-state index is -0.676. The Bertz CT molecular complexity index is 240. The fraction of sp³-hybridized carbons (Fsp3) is 0.917. The van der Waals surface area contributed by atoms with Crippen LogP contribution in [0.3, 0.4) is 0 Å². The van der Waals surface area contributed by atoms with E-state index in [9.17, 15) is 4.79 Å². The summed E-state index contributed by atoms with van der Waals surface area (Å²) in [5, 5.41) is 9.04. The molecule has 0 radical (unpaired) electrons. The Morgan fingerprint density at radius 3 is 2.47 bits per heavy atom. The summed E-state index contributed by atoms with van der Waals surface area (Å²) in [5.41, 5.74) is -0.127. The lowest BCUT2D eigenvalue weighted by Gasteiger charge is -2.48. The summed E-state index contributed by atoms with van der Waals surface area (Å²) in [6.45, 7) is 4.45. The van der Waals surface area contributed by atoms with E-state index < -0.39 is 5.97 Å². The van der Waals surface area contributed by atoms with Gasteiger partial charge in [-0.25, -0.2) is 0 Å². The second kappa shape index (κ2) is 4.52. The molecule has 0 amide bonds. The van der Waals surface area contributed by atoms with Crippen molar-refractivity contribution in [3.63, 3.8) is 0 Å². The minimum absolute atomic E-state index is 0.127. The lowest BCUT2D eigenvalue weighted by atomic mass is 9.67. The van der Waals surface area contributed by atoms with Crippen molar-refractivity contribution in [3.8, 4) is 0 Å². The smallest absolute Gasteiger partial charge is 0.305 e. The summed E-state index contributed by atoms with van der Waals surface area (Å²) in [4.78, 5) is 13.1. The predicted molar refractivity (Wildman–Crippen MR) is 60.8 cm³/mol. The van der Waals surface area contributed by atoms with Gasteiger partial charge in [0.25, 0.3) is 0 Å². The molecule has 0 aromatic heterocycles. The zero-order chi connectivity index (χ0) is 11.6. The Morgan fingerprint density at radius 2 is 2.07 bits per heavy atom. The van der Waals surface area contributed by atoms with Gasteiger partial charge in [0, 0.05) is 5.54 Å². The fourth-order valence-electron chi connectivity index (χ4n) is 3.03. The summed E-state index contributed by atoms with van der Waals surface area (Å²) in [5.74, 6) is 0.527. The van der Waals surface area contributed by atoms with Crippen LogP contribution in [0.2, 0.25) is 0 Å². The molecule has 0 aromatic carbocycles. The Morgan fingerprint density at radius 1 is 1.47 bits per heavy atom. The summed E-state index contributed by atoms with van der Waals surface area (Å²) in [6, 6.07) is 0. The van der Waals surface area contributed by atoms with E-state index in [4.69, 9.17) is 5.11 Å². The molecule has 1 rings (SSSR count). The van der Waals surface area contributed by atoms with Crippen molar-refractivity contribution < 1.29 is 9.90 Å². The molecule has 3 nitrogen and oxygen atoms in total. The monoisotopic (exact) mass is 213 g/mol. The predicted octanol–water partition coefficient (Wildman–Crippen LogP) is 2.22. The second-order valence-corrected chi connectivity index (χ2v) is 5.35. The van der Waals surface area contributed by atoms with Gasteiger partial charge in [-0.2, -0.15) is 0 Å². The number of hydrogen-bond donors (Lipinski definition) is 1. The third-order valence-electron chi connectivity index (χ3n) is 4.09. The van der Waals surface area contributed by atoms with E-state index in [2.05, 4.69) is 18.7 Å². The molecular weight excluding hydrogens is 190 g/mol. The van der Waals surface area contributed by atoms with Crippen molar-refractivity contribution in [2.75, 3.05) is 14.1 Å². The van der Waals surface area contributed by atoms with Gasteiger partial charge in [-0.15, -0.1) is 0 Å². The van der Waals surface area contributed by atoms with Crippen molar-refractivity contribution in [2.24, 2.45) is 11.8 Å². The fourth-order valence-corrected chi connectivity index (χ4v) is 3.03. The van der Waals surface area contributed by atoms with Crippen LogP contribution in [0.15, 0.2) is 0 Å². The Kier molecular flexibility index (Phi) is 3.77. The van der Waals surface area contributed by atoms with Gasteiger partial charge in [0.15, 0.2) is 0 Å². The standard InChI is InChI=1S/C12H23NO2/c1-9-5-6-12(13(3)4,8-11(14)15)10(2)7-9/h9-10H,5-8H2,1-4H3,(H,14,15). The van der Waals surface area contributed by atoms with Crippen molar-refractivity contribution in [1.29, 1.82) is 0 Å². The second-order valence-electron chi connectivity index (χ2n) is 5.35. The number of carbonyl (C=O) groups is 1. The summed E-state index contributed by atoms with van der Waals surface area (Å²) in [6.07, 6.45) is 3.57. The van der Waals surface area contributed by atoms with Gasteiger partial charge < -0.3 is 10.0 Å². The van der Waals surface area contributed by atoms with Gasteiger partial charge in [-0.1, -0.05) is 13.8 Å². The minimum Gasteiger partial charge on any atom is -0.481 e. The molecule has 1 aliphatic carbocycles. The number of carboxylic acids is 1. The zero-order valence-electron chi connectivity index (χ0n) is 10.3. The normalized spacial score (nSPS) is 36.9. The van der Waals surface area contributed by atoms with Gasteiger partial charge in [0.05, 0.1) is 6.42 Å². The Labute approximate surface area is 92.5 Å². The lowest BCUT2D eigenvalue weighted by Crippen LogP contribution is -2.53. The van der Waals surface area contributed by atoms with Crippen molar-refractivity contribution >= 4 is 5.97 Å². The van der Waals surface area contributed by atoms with Gasteiger partial charge >= 0.3 is 5.97 Å². The highest BCUT2D eigenvalue weighted by Gasteiger charge is 2.43. The SMILES string of the molecule is CC1CCC(CC(=O)O)(N(C)C)C(C)C1. The van der Waals surface area contributed by atoms with Crippen LogP contribution in [0.4, 0.5) is 0 Å². The van der Waals surface area contributed by atoms with E-state index >= 15 is 0 Å². The van der Waals surface area contributed by atoms with E-state index in [0.717, 1.165) is 25.2 Å². The number of carboxylic acid groups (broad SMARTS) is 1. The zero-order valence-corrected chi connectivity index (χ0v) is 10.3. The highest BCUT2D eigenvalue weighted by molar-refractivity contribution is 5.68. The first-order chi connectivity index (χ1) is 6.88. The molecule has 0 aromatic rings. The van der Waals surface area contributed by atoms with Crippen LogP contribution in [0.25, 0.3) is 0 Å². The van der Waals surface area contributed by atoms with Crippen LogP contribution in [0, 0.1) is 11.8 Å². The third kappa shape index (κ3) is 2.51. The molecule has 0 heterocycles. The van der Waals surface area contributed by atoms with Gasteiger partial charge in [-0.05, 0) is 45.2 Å². The number of nitrogens with zero attached hydrogens (tertiary/aromatic N) is 1. The number of rotatable bonds is 3. The molecule has 15 heavy (non-hydrogen) atoms. The molecule has 0 aliphatic heterocycles. The molecule has 3 unspecified atom stereocenters. The molecule has 0 saturated heterocycles. The largest absolute Gasteiger partial charge is 0.481 e. The molecule has 0 spiro atoms. The highest BCUT2D eigenvalue weighted by atomic mass is 16.4. The van der Waals surface area contributed by atoms with Crippen LogP contribution in [0.1, 0.15) is 39.5 Å². The number of hydrogen-bond acceptors (Lipinski definition) is 2. The Balaban J connectivity index is 2.85. The van der Waals surface area contributed by atoms with E-state index in [1.807, 2.05) is 14.1 Å². The first-order valence-corrected chi connectivity index (χ1v) is 5.77. The summed E-state index contributed by atoms with van der Waals surface area (Å²) >= 11 is 0. The molecule has 3 atom stereocenters. The quantitative estimate of drug-likeness (QED) is 0.781. The first kappa shape index (κ1) is 12.5. The van der Waals surface area contributed by atoms with Gasteiger partial charge in [-0.3, -0.25) is 4.79 Å². The Hall–Kier alpha value is -0.570. The van der Waals surface area contributed by atoms with Crippen LogP contribution >= 0.6 is 0 Å². The van der Waals surface area contributed by atoms with Gasteiger partial charge in [0.2, 0.25) is 0 Å². The van der Waals surface area contributed by atoms with Crippen LogP contribution in [0.5, 0.6) is 0 Å². The van der Waals surface area contributed by atoms with Crippen LogP contribution in [-0.4, -0.2) is 35.6 Å². The molecule has 88 valence electrons. The van der Waals surface area contributed by atoms with E-state index in [0.29, 0.717) is 5.92 Å². The molecular formula is C12H23NO2. The van der Waals surface area contributed by atoms with Crippen molar-refractivity contribution in [2.45, 2.75) is 45.1 Å². The van der Waals surface area contributed by atoms with Crippen molar-refractivity contribution in [3.05, 3.63) is 0 Å². The van der Waals surface area contributed by atoms with Crippen molar-refractivity contribution in [1.82, 2.24) is 4.90 Å². The molecule has 1 saturated carbocycles. The lowest BCUT2D eigenvalue weighted by molar-refractivity contribution is -0.142. The molecule has 0 bridgehead atoms. The molecule has 1 fully saturated rings. The maximum Gasteiger partial charge on any atom is 0.305 e. The molecule has 3 heteroatoms. The maximum atomic E-state index is 11.0.